The predicted molar refractivity (Wildman–Crippen MR) is 108 cm³/mol. The molecule has 2 atom stereocenters. The highest BCUT2D eigenvalue weighted by Crippen LogP contribution is 2.39. The van der Waals surface area contributed by atoms with Crippen LogP contribution in [-0.4, -0.2) is 29.1 Å². The maximum absolute atomic E-state index is 11.2. The maximum atomic E-state index is 11.2. The number of carboxylic acid groups (broad SMARTS) is 1. The molecule has 2 aromatic carbocycles. The topological polar surface area (TPSA) is 40.5 Å². The first-order valence-electron chi connectivity index (χ1n) is 9.88. The van der Waals surface area contributed by atoms with Gasteiger partial charge in [-0.15, -0.1) is 0 Å². The van der Waals surface area contributed by atoms with E-state index in [1.165, 1.54) is 22.3 Å². The van der Waals surface area contributed by atoms with Crippen LogP contribution in [0.25, 0.3) is 0 Å². The lowest BCUT2D eigenvalue weighted by atomic mass is 9.90. The first-order chi connectivity index (χ1) is 13.0. The van der Waals surface area contributed by atoms with Gasteiger partial charge in [0.25, 0.3) is 0 Å². The number of carboxylic acids is 1. The molecule has 0 saturated carbocycles. The highest BCUT2D eigenvalue weighted by Gasteiger charge is 2.32. The molecular weight excluding hydrogens is 358 g/mol. The van der Waals surface area contributed by atoms with Gasteiger partial charge in [-0.25, -0.2) is 0 Å². The summed E-state index contributed by atoms with van der Waals surface area (Å²) in [7, 11) is 0. The number of aliphatic carboxylic acids is 1. The fourth-order valence-corrected chi connectivity index (χ4v) is 4.89. The molecule has 0 radical (unpaired) electrons. The molecule has 1 aliphatic carbocycles. The summed E-state index contributed by atoms with van der Waals surface area (Å²) in [4.78, 5) is 13.7. The van der Waals surface area contributed by atoms with Crippen LogP contribution in [0.3, 0.4) is 0 Å². The van der Waals surface area contributed by atoms with Crippen LogP contribution in [0.15, 0.2) is 42.5 Å². The third-order valence-corrected chi connectivity index (χ3v) is 6.62. The molecule has 1 fully saturated rings. The van der Waals surface area contributed by atoms with Gasteiger partial charge in [0.1, 0.15) is 0 Å². The summed E-state index contributed by atoms with van der Waals surface area (Å²) in [5.74, 6) is -0.483. The van der Waals surface area contributed by atoms with Crippen LogP contribution < -0.4 is 0 Å². The van der Waals surface area contributed by atoms with Crippen LogP contribution in [0.4, 0.5) is 0 Å². The molecule has 4 rings (SSSR count). The summed E-state index contributed by atoms with van der Waals surface area (Å²) in [6.07, 6.45) is 3.78. The van der Waals surface area contributed by atoms with Crippen LogP contribution in [0.2, 0.25) is 5.02 Å². The molecule has 2 unspecified atom stereocenters. The average molecular weight is 384 g/mol. The summed E-state index contributed by atoms with van der Waals surface area (Å²) < 4.78 is 0. The Balaban J connectivity index is 1.50. The quantitative estimate of drug-likeness (QED) is 0.781. The van der Waals surface area contributed by atoms with Crippen molar-refractivity contribution in [2.45, 2.75) is 44.6 Å². The third-order valence-electron chi connectivity index (χ3n) is 6.38. The fourth-order valence-electron chi connectivity index (χ4n) is 4.69. The molecule has 2 aliphatic rings. The lowest BCUT2D eigenvalue weighted by molar-refractivity contribution is -0.143. The van der Waals surface area contributed by atoms with Crippen LogP contribution in [-0.2, 0) is 11.2 Å². The standard InChI is InChI=1S/C23H26ClNO2/c1-15(17-3-2-4-20(24)14-17)18-5-7-21-19(13-18)6-8-22(21)25-11-9-16(10-12-25)23(26)27/h2-5,7,13-16,22H,6,8-12H2,1H3,(H,26,27). The van der Waals surface area contributed by atoms with Crippen molar-refractivity contribution in [1.82, 2.24) is 4.90 Å². The molecule has 1 aliphatic heterocycles. The molecular formula is C23H26ClNO2. The number of carbonyl (C=O) groups is 1. The van der Waals surface area contributed by atoms with Crippen molar-refractivity contribution in [2.24, 2.45) is 5.92 Å². The van der Waals surface area contributed by atoms with Crippen molar-refractivity contribution in [2.75, 3.05) is 13.1 Å². The van der Waals surface area contributed by atoms with Crippen molar-refractivity contribution in [3.8, 4) is 0 Å². The predicted octanol–water partition coefficient (Wildman–Crippen LogP) is 5.28. The molecule has 4 heteroatoms. The summed E-state index contributed by atoms with van der Waals surface area (Å²) in [6.45, 7) is 4.01. The normalized spacial score (nSPS) is 21.8. The molecule has 3 nitrogen and oxygen atoms in total. The van der Waals surface area contributed by atoms with Gasteiger partial charge in [-0.2, -0.15) is 0 Å². The van der Waals surface area contributed by atoms with Crippen molar-refractivity contribution >= 4 is 17.6 Å². The molecule has 2 aromatic rings. The van der Waals surface area contributed by atoms with E-state index in [1.807, 2.05) is 12.1 Å². The zero-order valence-corrected chi connectivity index (χ0v) is 16.5. The summed E-state index contributed by atoms with van der Waals surface area (Å²) in [5, 5.41) is 10.00. The van der Waals surface area contributed by atoms with Crippen LogP contribution in [0.1, 0.15) is 60.4 Å². The SMILES string of the molecule is CC(c1cccc(Cl)c1)c1ccc2c(c1)CCC2N1CCC(C(=O)O)CC1. The van der Waals surface area contributed by atoms with E-state index in [2.05, 4.69) is 42.2 Å². The number of aryl methyl sites for hydroxylation is 1. The van der Waals surface area contributed by atoms with E-state index in [0.29, 0.717) is 12.0 Å². The monoisotopic (exact) mass is 383 g/mol. The number of hydrogen-bond acceptors (Lipinski definition) is 2. The second-order valence-electron chi connectivity index (χ2n) is 7.94. The molecule has 0 aromatic heterocycles. The summed E-state index contributed by atoms with van der Waals surface area (Å²) in [5.41, 5.74) is 5.46. The maximum Gasteiger partial charge on any atom is 0.306 e. The minimum absolute atomic E-state index is 0.164. The lowest BCUT2D eigenvalue weighted by Crippen LogP contribution is -2.38. The number of rotatable bonds is 4. The highest BCUT2D eigenvalue weighted by atomic mass is 35.5. The van der Waals surface area contributed by atoms with Crippen LogP contribution in [0.5, 0.6) is 0 Å². The van der Waals surface area contributed by atoms with Gasteiger partial charge in [0.2, 0.25) is 0 Å². The van der Waals surface area contributed by atoms with Gasteiger partial charge in [-0.05, 0) is 73.2 Å². The van der Waals surface area contributed by atoms with Crippen molar-refractivity contribution < 1.29 is 9.90 Å². The van der Waals surface area contributed by atoms with Gasteiger partial charge in [0, 0.05) is 17.0 Å². The summed E-state index contributed by atoms with van der Waals surface area (Å²) >= 11 is 6.16. The number of piperidine rings is 1. The van der Waals surface area contributed by atoms with Gasteiger partial charge in [-0.1, -0.05) is 48.9 Å². The minimum atomic E-state index is -0.638. The van der Waals surface area contributed by atoms with E-state index in [0.717, 1.165) is 43.8 Å². The Morgan fingerprint density at radius 1 is 1.11 bits per heavy atom. The average Bonchev–Trinajstić information content (AvgIpc) is 3.10. The molecule has 142 valence electrons. The molecule has 0 bridgehead atoms. The van der Waals surface area contributed by atoms with Gasteiger partial charge < -0.3 is 5.11 Å². The fraction of sp³-hybridized carbons (Fsp3) is 0.435. The second kappa shape index (κ2) is 7.65. The Morgan fingerprint density at radius 3 is 2.56 bits per heavy atom. The van der Waals surface area contributed by atoms with Gasteiger partial charge in [0.05, 0.1) is 5.92 Å². The highest BCUT2D eigenvalue weighted by molar-refractivity contribution is 6.30. The second-order valence-corrected chi connectivity index (χ2v) is 8.37. The largest absolute Gasteiger partial charge is 0.481 e. The third kappa shape index (κ3) is 3.76. The zero-order valence-electron chi connectivity index (χ0n) is 15.7. The number of halogens is 1. The number of likely N-dealkylation sites (tertiary alicyclic amines) is 1. The van der Waals surface area contributed by atoms with Crippen molar-refractivity contribution in [3.63, 3.8) is 0 Å². The van der Waals surface area contributed by atoms with E-state index in [-0.39, 0.29) is 5.92 Å². The molecule has 0 spiro atoms. The number of benzene rings is 2. The van der Waals surface area contributed by atoms with Crippen LogP contribution >= 0.6 is 11.6 Å². The van der Waals surface area contributed by atoms with Crippen LogP contribution in [0, 0.1) is 5.92 Å². The van der Waals surface area contributed by atoms with E-state index in [1.54, 1.807) is 0 Å². The minimum Gasteiger partial charge on any atom is -0.481 e. The number of nitrogens with zero attached hydrogens (tertiary/aromatic N) is 1. The lowest BCUT2D eigenvalue weighted by Gasteiger charge is -2.35. The van der Waals surface area contributed by atoms with Gasteiger partial charge >= 0.3 is 5.97 Å². The Labute approximate surface area is 166 Å². The van der Waals surface area contributed by atoms with E-state index in [4.69, 9.17) is 11.6 Å². The first-order valence-corrected chi connectivity index (χ1v) is 10.3. The number of fused-ring (bicyclic) bond motifs is 1. The van der Waals surface area contributed by atoms with E-state index in [9.17, 15) is 9.90 Å². The zero-order chi connectivity index (χ0) is 19.0. The molecule has 1 N–H and O–H groups in total. The van der Waals surface area contributed by atoms with Crippen molar-refractivity contribution in [1.29, 1.82) is 0 Å². The Morgan fingerprint density at radius 2 is 1.85 bits per heavy atom. The molecule has 1 saturated heterocycles. The van der Waals surface area contributed by atoms with E-state index >= 15 is 0 Å². The Bertz CT molecular complexity index is 842. The van der Waals surface area contributed by atoms with E-state index < -0.39 is 5.97 Å². The Kier molecular flexibility index (Phi) is 5.25. The summed E-state index contributed by atoms with van der Waals surface area (Å²) in [6, 6.07) is 15.5. The molecule has 27 heavy (non-hydrogen) atoms. The Hall–Kier alpha value is -1.84. The smallest absolute Gasteiger partial charge is 0.306 e. The molecule has 0 amide bonds. The molecule has 1 heterocycles. The van der Waals surface area contributed by atoms with Gasteiger partial charge in [0.15, 0.2) is 0 Å². The number of hydrogen-bond donors (Lipinski definition) is 1. The van der Waals surface area contributed by atoms with Crippen molar-refractivity contribution in [3.05, 3.63) is 69.7 Å². The first kappa shape index (κ1) is 18.5. The van der Waals surface area contributed by atoms with Gasteiger partial charge in [-0.3, -0.25) is 9.69 Å².